The van der Waals surface area contributed by atoms with E-state index in [0.29, 0.717) is 54.9 Å². The number of amides is 2. The van der Waals surface area contributed by atoms with Crippen LogP contribution in [0, 0.1) is 0 Å². The maximum atomic E-state index is 12.1. The van der Waals surface area contributed by atoms with E-state index in [4.69, 9.17) is 25.8 Å². The lowest BCUT2D eigenvalue weighted by molar-refractivity contribution is -0.123. The van der Waals surface area contributed by atoms with Gasteiger partial charge < -0.3 is 24.4 Å². The van der Waals surface area contributed by atoms with Crippen molar-refractivity contribution in [2.24, 2.45) is 0 Å². The monoisotopic (exact) mass is 430 g/mol. The zero-order valence-corrected chi connectivity index (χ0v) is 17.2. The van der Waals surface area contributed by atoms with Crippen molar-refractivity contribution >= 4 is 29.1 Å². The van der Waals surface area contributed by atoms with E-state index in [2.05, 4.69) is 5.32 Å². The summed E-state index contributed by atoms with van der Waals surface area (Å²) in [6.45, 7) is 2.10. The molecule has 158 valence electrons. The van der Waals surface area contributed by atoms with Crippen molar-refractivity contribution in [1.29, 1.82) is 0 Å². The molecule has 7 nitrogen and oxygen atoms in total. The minimum absolute atomic E-state index is 0.0795. The first-order valence-corrected chi connectivity index (χ1v) is 10.4. The highest BCUT2D eigenvalue weighted by atomic mass is 35.5. The van der Waals surface area contributed by atoms with Crippen LogP contribution in [0.5, 0.6) is 17.2 Å². The lowest BCUT2D eigenvalue weighted by atomic mass is 10.1. The summed E-state index contributed by atoms with van der Waals surface area (Å²) in [6.07, 6.45) is 2.09. The number of nitrogens with zero attached hydrogens (tertiary/aromatic N) is 1. The second-order valence-corrected chi connectivity index (χ2v) is 7.54. The number of fused-ring (bicyclic) bond motifs is 1. The zero-order valence-electron chi connectivity index (χ0n) is 16.5. The average molecular weight is 431 g/mol. The maximum absolute atomic E-state index is 12.1. The molecule has 0 spiro atoms. The number of hydrogen-bond donors (Lipinski definition) is 1. The van der Waals surface area contributed by atoms with Gasteiger partial charge in [-0.1, -0.05) is 11.6 Å². The van der Waals surface area contributed by atoms with Crippen LogP contribution in [-0.2, 0) is 16.0 Å². The average Bonchev–Trinajstić information content (AvgIpc) is 3.18. The van der Waals surface area contributed by atoms with Gasteiger partial charge in [0, 0.05) is 25.2 Å². The zero-order chi connectivity index (χ0) is 20.9. The van der Waals surface area contributed by atoms with Gasteiger partial charge in [0.1, 0.15) is 19.0 Å². The minimum atomic E-state index is -0.211. The lowest BCUT2D eigenvalue weighted by Crippen LogP contribution is -2.30. The van der Waals surface area contributed by atoms with Crippen LogP contribution < -0.4 is 24.4 Å². The Morgan fingerprint density at radius 3 is 2.73 bits per heavy atom. The van der Waals surface area contributed by atoms with E-state index in [1.807, 2.05) is 24.3 Å². The van der Waals surface area contributed by atoms with Gasteiger partial charge in [0.25, 0.3) is 5.91 Å². The number of rotatable bonds is 7. The Kier molecular flexibility index (Phi) is 6.28. The summed E-state index contributed by atoms with van der Waals surface area (Å²) < 4.78 is 16.6. The first-order chi connectivity index (χ1) is 14.6. The minimum Gasteiger partial charge on any atom is -0.486 e. The van der Waals surface area contributed by atoms with Crippen LogP contribution in [0.3, 0.4) is 0 Å². The fraction of sp³-hybridized carbons (Fsp3) is 0.364. The van der Waals surface area contributed by atoms with E-state index in [0.717, 1.165) is 24.2 Å². The topological polar surface area (TPSA) is 77.1 Å². The second-order valence-electron chi connectivity index (χ2n) is 7.13. The molecule has 8 heteroatoms. The fourth-order valence-corrected chi connectivity index (χ4v) is 3.79. The van der Waals surface area contributed by atoms with E-state index < -0.39 is 0 Å². The molecule has 1 saturated heterocycles. The third-order valence-electron chi connectivity index (χ3n) is 4.98. The summed E-state index contributed by atoms with van der Waals surface area (Å²) in [5.74, 6) is 1.72. The van der Waals surface area contributed by atoms with Gasteiger partial charge in [-0.15, -0.1) is 0 Å². The highest BCUT2D eigenvalue weighted by Gasteiger charge is 2.21. The Morgan fingerprint density at radius 2 is 1.97 bits per heavy atom. The quantitative estimate of drug-likeness (QED) is 0.730. The molecule has 0 bridgehead atoms. The van der Waals surface area contributed by atoms with Gasteiger partial charge in [-0.3, -0.25) is 9.59 Å². The van der Waals surface area contributed by atoms with Gasteiger partial charge in [-0.2, -0.15) is 0 Å². The Hall–Kier alpha value is -2.93. The number of nitrogens with one attached hydrogen (secondary N) is 1. The smallest absolute Gasteiger partial charge is 0.257 e. The van der Waals surface area contributed by atoms with Gasteiger partial charge in [-0.05, 0) is 54.8 Å². The molecule has 1 N–H and O–H groups in total. The lowest BCUT2D eigenvalue weighted by Gasteiger charge is -2.20. The van der Waals surface area contributed by atoms with Crippen molar-refractivity contribution in [3.8, 4) is 17.2 Å². The standard InChI is InChI=1S/C22H23ClN2O5/c23-18-12-15(13-19-22(18)29-11-10-28-19)7-8-24-20(26)14-30-17-5-3-16(4-6-17)25-9-1-2-21(25)27/h3-6,12-13H,1-2,7-11,14H2,(H,24,26). The predicted octanol–water partition coefficient (Wildman–Crippen LogP) is 2.98. The molecule has 2 aromatic carbocycles. The highest BCUT2D eigenvalue weighted by molar-refractivity contribution is 6.32. The summed E-state index contributed by atoms with van der Waals surface area (Å²) in [5.41, 5.74) is 1.81. The van der Waals surface area contributed by atoms with Crippen molar-refractivity contribution in [3.63, 3.8) is 0 Å². The molecule has 0 aromatic heterocycles. The molecule has 2 aliphatic heterocycles. The van der Waals surface area contributed by atoms with E-state index in [1.54, 1.807) is 17.0 Å². The van der Waals surface area contributed by atoms with Crippen LogP contribution >= 0.6 is 11.6 Å². The SMILES string of the molecule is O=C(COc1ccc(N2CCCC2=O)cc1)NCCc1cc(Cl)c2c(c1)OCCO2. The van der Waals surface area contributed by atoms with Crippen molar-refractivity contribution in [2.45, 2.75) is 19.3 Å². The van der Waals surface area contributed by atoms with Crippen LogP contribution in [0.15, 0.2) is 36.4 Å². The van der Waals surface area contributed by atoms with Gasteiger partial charge in [-0.25, -0.2) is 0 Å². The number of carbonyl (C=O) groups is 2. The third-order valence-corrected chi connectivity index (χ3v) is 5.26. The van der Waals surface area contributed by atoms with Crippen LogP contribution in [-0.4, -0.2) is 44.7 Å². The molecule has 2 aliphatic rings. The van der Waals surface area contributed by atoms with Crippen molar-refractivity contribution in [3.05, 3.63) is 47.0 Å². The molecule has 0 saturated carbocycles. The van der Waals surface area contributed by atoms with Crippen molar-refractivity contribution in [1.82, 2.24) is 5.32 Å². The van der Waals surface area contributed by atoms with Crippen LogP contribution in [0.2, 0.25) is 5.02 Å². The Labute approximate surface area is 179 Å². The Balaban J connectivity index is 1.22. The van der Waals surface area contributed by atoms with E-state index in [1.165, 1.54) is 0 Å². The molecule has 2 amide bonds. The van der Waals surface area contributed by atoms with E-state index in [-0.39, 0.29) is 18.4 Å². The first kappa shape index (κ1) is 20.3. The molecule has 0 atom stereocenters. The second kappa shape index (κ2) is 9.26. The molecule has 2 heterocycles. The molecule has 1 fully saturated rings. The third kappa shape index (κ3) is 4.79. The molecular formula is C22H23ClN2O5. The van der Waals surface area contributed by atoms with Gasteiger partial charge in [0.2, 0.25) is 5.91 Å². The highest BCUT2D eigenvalue weighted by Crippen LogP contribution is 2.38. The number of benzene rings is 2. The Bertz CT molecular complexity index is 932. The number of halogens is 1. The number of hydrogen-bond acceptors (Lipinski definition) is 5. The molecular weight excluding hydrogens is 408 g/mol. The summed E-state index contributed by atoms with van der Waals surface area (Å²) >= 11 is 6.23. The van der Waals surface area contributed by atoms with Crippen molar-refractivity contribution in [2.75, 3.05) is 37.8 Å². The molecule has 4 rings (SSSR count). The van der Waals surface area contributed by atoms with Gasteiger partial charge in [0.15, 0.2) is 18.1 Å². The number of ether oxygens (including phenoxy) is 3. The first-order valence-electron chi connectivity index (χ1n) is 9.98. The molecule has 30 heavy (non-hydrogen) atoms. The molecule has 0 unspecified atom stereocenters. The largest absolute Gasteiger partial charge is 0.486 e. The summed E-state index contributed by atoms with van der Waals surface area (Å²) in [6, 6.07) is 10.9. The normalized spacial score (nSPS) is 15.2. The van der Waals surface area contributed by atoms with Crippen LogP contribution in [0.4, 0.5) is 5.69 Å². The Morgan fingerprint density at radius 1 is 1.17 bits per heavy atom. The maximum Gasteiger partial charge on any atom is 0.257 e. The van der Waals surface area contributed by atoms with Crippen molar-refractivity contribution < 1.29 is 23.8 Å². The molecule has 0 radical (unpaired) electrons. The van der Waals surface area contributed by atoms with E-state index >= 15 is 0 Å². The number of anilines is 1. The van der Waals surface area contributed by atoms with Crippen LogP contribution in [0.25, 0.3) is 0 Å². The molecule has 0 aliphatic carbocycles. The van der Waals surface area contributed by atoms with Gasteiger partial charge in [0.05, 0.1) is 5.02 Å². The summed E-state index contributed by atoms with van der Waals surface area (Å²) in [5, 5.41) is 3.34. The van der Waals surface area contributed by atoms with E-state index in [9.17, 15) is 9.59 Å². The number of carbonyl (C=O) groups excluding carboxylic acids is 2. The summed E-state index contributed by atoms with van der Waals surface area (Å²) in [7, 11) is 0. The summed E-state index contributed by atoms with van der Waals surface area (Å²) in [4.78, 5) is 25.6. The van der Waals surface area contributed by atoms with Gasteiger partial charge >= 0.3 is 0 Å². The van der Waals surface area contributed by atoms with Crippen LogP contribution in [0.1, 0.15) is 18.4 Å². The fourth-order valence-electron chi connectivity index (χ4n) is 3.50. The molecule has 2 aromatic rings. The predicted molar refractivity (Wildman–Crippen MR) is 113 cm³/mol.